The lowest BCUT2D eigenvalue weighted by Gasteiger charge is -2.19. The second-order valence-electron chi connectivity index (χ2n) is 4.62. The second kappa shape index (κ2) is 4.69. The molecule has 1 heteroatoms. The molecule has 2 aromatic carbocycles. The molecule has 3 rings (SSSR count). The predicted octanol–water partition coefficient (Wildman–Crippen LogP) is 4.64. The predicted molar refractivity (Wildman–Crippen MR) is 76.8 cm³/mol. The van der Waals surface area contributed by atoms with E-state index in [1.807, 2.05) is 0 Å². The summed E-state index contributed by atoms with van der Waals surface area (Å²) in [5.41, 5.74) is 2.69. The molecule has 0 fully saturated rings. The molecule has 0 radical (unpaired) electrons. The van der Waals surface area contributed by atoms with Gasteiger partial charge in [0.2, 0.25) is 0 Å². The first kappa shape index (κ1) is 11.1. The first-order chi connectivity index (χ1) is 8.90. The molecular formula is C17H17N. The number of rotatable bonds is 3. The molecule has 0 aliphatic rings. The van der Waals surface area contributed by atoms with Gasteiger partial charge in [-0.05, 0) is 29.5 Å². The topological polar surface area (TPSA) is 4.93 Å². The van der Waals surface area contributed by atoms with Gasteiger partial charge in [0.25, 0.3) is 0 Å². The molecule has 0 bridgehead atoms. The van der Waals surface area contributed by atoms with Gasteiger partial charge in [-0.25, -0.2) is 0 Å². The molecule has 1 atom stereocenters. The van der Waals surface area contributed by atoms with E-state index in [1.165, 1.54) is 16.5 Å². The van der Waals surface area contributed by atoms with E-state index < -0.39 is 0 Å². The SMILES string of the molecule is CCC(c1ccccc1)n1ccc2ccccc21. The zero-order valence-electron chi connectivity index (χ0n) is 10.6. The van der Waals surface area contributed by atoms with E-state index in [1.54, 1.807) is 0 Å². The standard InChI is InChI=1S/C17H17N/c1-2-16(14-8-4-3-5-9-14)18-13-12-15-10-6-7-11-17(15)18/h3-13,16H,2H2,1H3. The number of aromatic nitrogens is 1. The zero-order valence-corrected chi connectivity index (χ0v) is 10.6. The van der Waals surface area contributed by atoms with Crippen molar-refractivity contribution in [1.82, 2.24) is 4.57 Å². The lowest BCUT2D eigenvalue weighted by molar-refractivity contribution is 0.585. The zero-order chi connectivity index (χ0) is 12.4. The maximum absolute atomic E-state index is 2.38. The molecule has 3 aromatic rings. The fourth-order valence-electron chi connectivity index (χ4n) is 2.64. The Kier molecular flexibility index (Phi) is 2.89. The quantitative estimate of drug-likeness (QED) is 0.623. The number of benzene rings is 2. The summed E-state index contributed by atoms with van der Waals surface area (Å²) in [6, 6.07) is 21.9. The van der Waals surface area contributed by atoms with Crippen molar-refractivity contribution in [2.45, 2.75) is 19.4 Å². The largest absolute Gasteiger partial charge is 0.340 e. The van der Waals surface area contributed by atoms with Crippen molar-refractivity contribution in [1.29, 1.82) is 0 Å². The van der Waals surface area contributed by atoms with Gasteiger partial charge in [0.15, 0.2) is 0 Å². The lowest BCUT2D eigenvalue weighted by Crippen LogP contribution is -2.08. The Morgan fingerprint density at radius 3 is 2.39 bits per heavy atom. The molecule has 0 aliphatic heterocycles. The molecule has 0 spiro atoms. The number of hydrogen-bond acceptors (Lipinski definition) is 0. The Hall–Kier alpha value is -2.02. The normalized spacial score (nSPS) is 12.7. The van der Waals surface area contributed by atoms with Crippen molar-refractivity contribution in [3.05, 3.63) is 72.4 Å². The first-order valence-corrected chi connectivity index (χ1v) is 6.50. The minimum absolute atomic E-state index is 0.422. The Labute approximate surface area is 108 Å². The van der Waals surface area contributed by atoms with Crippen LogP contribution < -0.4 is 0 Å². The van der Waals surface area contributed by atoms with Gasteiger partial charge in [-0.15, -0.1) is 0 Å². The van der Waals surface area contributed by atoms with Gasteiger partial charge in [-0.3, -0.25) is 0 Å². The van der Waals surface area contributed by atoms with Gasteiger partial charge >= 0.3 is 0 Å². The highest BCUT2D eigenvalue weighted by Crippen LogP contribution is 2.27. The summed E-state index contributed by atoms with van der Waals surface area (Å²) in [4.78, 5) is 0. The van der Waals surface area contributed by atoms with Crippen molar-refractivity contribution in [3.63, 3.8) is 0 Å². The average Bonchev–Trinajstić information content (AvgIpc) is 2.85. The van der Waals surface area contributed by atoms with Crippen LogP contribution in [0, 0.1) is 0 Å². The second-order valence-corrected chi connectivity index (χ2v) is 4.62. The monoisotopic (exact) mass is 235 g/mol. The lowest BCUT2D eigenvalue weighted by atomic mass is 10.0. The molecule has 0 aliphatic carbocycles. The first-order valence-electron chi connectivity index (χ1n) is 6.50. The van der Waals surface area contributed by atoms with Crippen LogP contribution in [0.3, 0.4) is 0 Å². The van der Waals surface area contributed by atoms with Gasteiger partial charge in [0.1, 0.15) is 0 Å². The van der Waals surface area contributed by atoms with Crippen LogP contribution in [0.25, 0.3) is 10.9 Å². The number of para-hydroxylation sites is 1. The molecule has 0 N–H and O–H groups in total. The van der Waals surface area contributed by atoms with Crippen LogP contribution in [-0.2, 0) is 0 Å². The minimum Gasteiger partial charge on any atom is -0.340 e. The van der Waals surface area contributed by atoms with Crippen LogP contribution in [0.2, 0.25) is 0 Å². The Balaban J connectivity index is 2.12. The minimum atomic E-state index is 0.422. The van der Waals surface area contributed by atoms with Crippen LogP contribution in [0.1, 0.15) is 24.9 Å². The Morgan fingerprint density at radius 1 is 0.889 bits per heavy atom. The summed E-state index contributed by atoms with van der Waals surface area (Å²) in [7, 11) is 0. The highest BCUT2D eigenvalue weighted by molar-refractivity contribution is 5.80. The molecule has 1 unspecified atom stereocenters. The molecule has 1 nitrogen and oxygen atoms in total. The van der Waals surface area contributed by atoms with Crippen LogP contribution in [0.15, 0.2) is 66.9 Å². The fourth-order valence-corrected chi connectivity index (χ4v) is 2.64. The number of nitrogens with zero attached hydrogens (tertiary/aromatic N) is 1. The molecule has 18 heavy (non-hydrogen) atoms. The van der Waals surface area contributed by atoms with E-state index in [-0.39, 0.29) is 0 Å². The van der Waals surface area contributed by atoms with Crippen molar-refractivity contribution in [2.75, 3.05) is 0 Å². The molecule has 1 aromatic heterocycles. The van der Waals surface area contributed by atoms with E-state index in [0.717, 1.165) is 6.42 Å². The highest BCUT2D eigenvalue weighted by Gasteiger charge is 2.12. The molecule has 90 valence electrons. The van der Waals surface area contributed by atoms with E-state index >= 15 is 0 Å². The van der Waals surface area contributed by atoms with Gasteiger partial charge in [-0.2, -0.15) is 0 Å². The summed E-state index contributed by atoms with van der Waals surface area (Å²) in [6.07, 6.45) is 3.30. The van der Waals surface area contributed by atoms with E-state index in [9.17, 15) is 0 Å². The van der Waals surface area contributed by atoms with E-state index in [0.29, 0.717) is 6.04 Å². The Bertz CT molecular complexity index is 637. The van der Waals surface area contributed by atoms with Crippen LogP contribution in [-0.4, -0.2) is 4.57 Å². The number of fused-ring (bicyclic) bond motifs is 1. The van der Waals surface area contributed by atoms with Crippen molar-refractivity contribution >= 4 is 10.9 Å². The smallest absolute Gasteiger partial charge is 0.0583 e. The van der Waals surface area contributed by atoms with Crippen LogP contribution in [0.4, 0.5) is 0 Å². The van der Waals surface area contributed by atoms with Gasteiger partial charge in [0, 0.05) is 11.7 Å². The van der Waals surface area contributed by atoms with Crippen molar-refractivity contribution < 1.29 is 0 Å². The summed E-state index contributed by atoms with van der Waals surface area (Å²) in [6.45, 7) is 2.24. The maximum atomic E-state index is 2.38. The fraction of sp³-hybridized carbons (Fsp3) is 0.176. The molecule has 1 heterocycles. The van der Waals surface area contributed by atoms with Crippen LogP contribution in [0.5, 0.6) is 0 Å². The van der Waals surface area contributed by atoms with Gasteiger partial charge in [0.05, 0.1) is 6.04 Å². The third kappa shape index (κ3) is 1.82. The molecular weight excluding hydrogens is 218 g/mol. The van der Waals surface area contributed by atoms with E-state index in [4.69, 9.17) is 0 Å². The third-order valence-corrected chi connectivity index (χ3v) is 3.54. The highest BCUT2D eigenvalue weighted by atomic mass is 15.0. The third-order valence-electron chi connectivity index (χ3n) is 3.54. The summed E-state index contributed by atoms with van der Waals surface area (Å²) in [5.74, 6) is 0. The number of hydrogen-bond donors (Lipinski definition) is 0. The van der Waals surface area contributed by atoms with Crippen molar-refractivity contribution in [2.24, 2.45) is 0 Å². The van der Waals surface area contributed by atoms with Crippen LogP contribution >= 0.6 is 0 Å². The van der Waals surface area contributed by atoms with Gasteiger partial charge in [-0.1, -0.05) is 55.5 Å². The summed E-state index contributed by atoms with van der Waals surface area (Å²) in [5, 5.41) is 1.31. The van der Waals surface area contributed by atoms with E-state index in [2.05, 4.69) is 78.4 Å². The maximum Gasteiger partial charge on any atom is 0.0583 e. The van der Waals surface area contributed by atoms with Gasteiger partial charge < -0.3 is 4.57 Å². The van der Waals surface area contributed by atoms with Crippen molar-refractivity contribution in [3.8, 4) is 0 Å². The molecule has 0 saturated carbocycles. The Morgan fingerprint density at radius 2 is 1.61 bits per heavy atom. The summed E-state index contributed by atoms with van der Waals surface area (Å²) >= 11 is 0. The molecule has 0 amide bonds. The molecule has 0 saturated heterocycles. The summed E-state index contributed by atoms with van der Waals surface area (Å²) < 4.78 is 2.38. The average molecular weight is 235 g/mol.